The maximum Gasteiger partial charge on any atom is 0.339 e. The van der Waals surface area contributed by atoms with Gasteiger partial charge in [-0.15, -0.1) is 0 Å². The van der Waals surface area contributed by atoms with Crippen molar-refractivity contribution >= 4 is 27.6 Å². The van der Waals surface area contributed by atoms with E-state index in [0.717, 1.165) is 36.4 Å². The molecule has 0 bridgehead atoms. The molecule has 2 aromatic rings. The van der Waals surface area contributed by atoms with Gasteiger partial charge in [0.15, 0.2) is 0 Å². The highest BCUT2D eigenvalue weighted by atomic mass is 32.2. The number of carbonyl (C=O) groups is 2. The van der Waals surface area contributed by atoms with Crippen LogP contribution in [0.2, 0.25) is 0 Å². The largest absolute Gasteiger partial charge is 0.507 e. The van der Waals surface area contributed by atoms with Gasteiger partial charge >= 0.3 is 5.97 Å². The summed E-state index contributed by atoms with van der Waals surface area (Å²) in [6.07, 6.45) is 0.107. The van der Waals surface area contributed by atoms with E-state index < -0.39 is 45.1 Å². The van der Waals surface area contributed by atoms with E-state index in [-0.39, 0.29) is 17.0 Å². The minimum absolute atomic E-state index is 0.0784. The lowest BCUT2D eigenvalue weighted by Gasteiger charge is -2.17. The number of sulfonamides is 1. The third kappa shape index (κ3) is 5.02. The average Bonchev–Trinajstić information content (AvgIpc) is 2.61. The molecule has 10 heteroatoms. The molecule has 0 aliphatic rings. The van der Waals surface area contributed by atoms with E-state index in [4.69, 9.17) is 5.11 Å². The van der Waals surface area contributed by atoms with Gasteiger partial charge in [-0.25, -0.2) is 17.6 Å². The minimum Gasteiger partial charge on any atom is -0.507 e. The molecule has 0 aromatic heterocycles. The predicted molar refractivity (Wildman–Crippen MR) is 94.5 cm³/mol. The third-order valence-corrected chi connectivity index (χ3v) is 5.13. The number of amides is 1. The van der Waals surface area contributed by atoms with Crippen LogP contribution in [-0.4, -0.2) is 36.5 Å². The minimum atomic E-state index is -4.07. The van der Waals surface area contributed by atoms with Crippen molar-refractivity contribution in [1.29, 1.82) is 0 Å². The van der Waals surface area contributed by atoms with Gasteiger partial charge in [0.2, 0.25) is 15.9 Å². The molecule has 1 atom stereocenters. The molecule has 0 heterocycles. The molecule has 8 nitrogen and oxygen atoms in total. The summed E-state index contributed by atoms with van der Waals surface area (Å²) in [7, 11) is -4.07. The molecule has 0 fully saturated rings. The van der Waals surface area contributed by atoms with Crippen molar-refractivity contribution in [2.24, 2.45) is 0 Å². The topological polar surface area (TPSA) is 133 Å². The van der Waals surface area contributed by atoms with Crippen LogP contribution in [0.25, 0.3) is 0 Å². The van der Waals surface area contributed by atoms with Crippen molar-refractivity contribution in [3.63, 3.8) is 0 Å². The molecule has 2 aromatic carbocycles. The monoisotopic (exact) mass is 396 g/mol. The standard InChI is InChI=1S/C17H17FN2O6S/c1-2-14(20-27(25,26)12-6-3-10(18)4-7-12)16(22)19-11-5-8-15(21)13(9-11)17(23)24/h3-9,14,20-21H,2H2,1H3,(H,19,22)(H,23,24). The first-order chi connectivity index (χ1) is 12.6. The van der Waals surface area contributed by atoms with Crippen LogP contribution in [-0.2, 0) is 14.8 Å². The SMILES string of the molecule is CCC(NS(=O)(=O)c1ccc(F)cc1)C(=O)Nc1ccc(O)c(C(=O)O)c1. The van der Waals surface area contributed by atoms with Crippen molar-refractivity contribution < 1.29 is 32.6 Å². The highest BCUT2D eigenvalue weighted by molar-refractivity contribution is 7.89. The Kier molecular flexibility index (Phi) is 6.13. The number of hydrogen-bond acceptors (Lipinski definition) is 5. The molecular formula is C17H17FN2O6S. The summed E-state index contributed by atoms with van der Waals surface area (Å²) in [5.74, 6) is -3.16. The van der Waals surface area contributed by atoms with E-state index in [9.17, 15) is 27.5 Å². The van der Waals surface area contributed by atoms with E-state index >= 15 is 0 Å². The maximum absolute atomic E-state index is 13.0. The van der Waals surface area contributed by atoms with Gasteiger partial charge in [-0.2, -0.15) is 4.72 Å². The van der Waals surface area contributed by atoms with Gasteiger partial charge in [0.25, 0.3) is 0 Å². The first kappa shape index (κ1) is 20.3. The second-order valence-corrected chi connectivity index (χ2v) is 7.28. The van der Waals surface area contributed by atoms with Crippen LogP contribution in [0, 0.1) is 5.82 Å². The summed E-state index contributed by atoms with van der Waals surface area (Å²) in [5.41, 5.74) is -0.331. The van der Waals surface area contributed by atoms with E-state index in [1.807, 2.05) is 0 Å². The van der Waals surface area contributed by atoms with E-state index in [2.05, 4.69) is 10.0 Å². The quantitative estimate of drug-likeness (QED) is 0.529. The number of aromatic carboxylic acids is 1. The van der Waals surface area contributed by atoms with Gasteiger partial charge in [0.1, 0.15) is 23.2 Å². The van der Waals surface area contributed by atoms with Crippen molar-refractivity contribution in [1.82, 2.24) is 4.72 Å². The molecule has 0 aliphatic heterocycles. The number of nitrogens with one attached hydrogen (secondary N) is 2. The molecule has 0 radical (unpaired) electrons. The number of halogens is 1. The zero-order chi connectivity index (χ0) is 20.2. The molecule has 27 heavy (non-hydrogen) atoms. The Labute approximate surface area is 154 Å². The number of anilines is 1. The summed E-state index contributed by atoms with van der Waals surface area (Å²) < 4.78 is 39.8. The number of hydrogen-bond donors (Lipinski definition) is 4. The fraction of sp³-hybridized carbons (Fsp3) is 0.176. The Morgan fingerprint density at radius 2 is 1.78 bits per heavy atom. The summed E-state index contributed by atoms with van der Waals surface area (Å²) in [5, 5.41) is 20.9. The Balaban J connectivity index is 2.17. The molecule has 0 spiro atoms. The first-order valence-electron chi connectivity index (χ1n) is 7.79. The number of benzene rings is 2. The van der Waals surface area contributed by atoms with Crippen LogP contribution in [0.4, 0.5) is 10.1 Å². The van der Waals surface area contributed by atoms with E-state index in [0.29, 0.717) is 0 Å². The van der Waals surface area contributed by atoms with Crippen LogP contribution in [0.3, 0.4) is 0 Å². The predicted octanol–water partition coefficient (Wildman–Crippen LogP) is 1.93. The molecule has 144 valence electrons. The summed E-state index contributed by atoms with van der Waals surface area (Å²) in [6, 6.07) is 6.39. The Hall–Kier alpha value is -2.98. The molecule has 2 rings (SSSR count). The fourth-order valence-electron chi connectivity index (χ4n) is 2.21. The van der Waals surface area contributed by atoms with E-state index in [1.165, 1.54) is 6.07 Å². The number of carbonyl (C=O) groups excluding carboxylic acids is 1. The van der Waals surface area contributed by atoms with E-state index in [1.54, 1.807) is 6.92 Å². The third-order valence-electron chi connectivity index (χ3n) is 3.64. The summed E-state index contributed by atoms with van der Waals surface area (Å²) >= 11 is 0. The van der Waals surface area contributed by atoms with Crippen molar-refractivity contribution in [3.8, 4) is 5.75 Å². The number of carboxylic acids is 1. The fourth-order valence-corrected chi connectivity index (χ4v) is 3.48. The van der Waals surface area contributed by atoms with Crippen LogP contribution in [0.1, 0.15) is 23.7 Å². The van der Waals surface area contributed by atoms with Crippen molar-refractivity contribution in [3.05, 3.63) is 53.8 Å². The second-order valence-electron chi connectivity index (χ2n) is 5.56. The number of aromatic hydroxyl groups is 1. The number of rotatable bonds is 7. The lowest BCUT2D eigenvalue weighted by molar-refractivity contribution is -0.117. The van der Waals surface area contributed by atoms with Gasteiger partial charge < -0.3 is 15.5 Å². The molecule has 0 saturated carbocycles. The normalized spacial score (nSPS) is 12.4. The van der Waals surface area contributed by atoms with Gasteiger partial charge in [-0.1, -0.05) is 6.92 Å². The Bertz CT molecular complexity index is 960. The molecule has 1 amide bonds. The van der Waals surface area contributed by atoms with Gasteiger partial charge in [-0.05, 0) is 48.9 Å². The number of phenols is 1. The Morgan fingerprint density at radius 3 is 2.33 bits per heavy atom. The molecule has 0 aliphatic carbocycles. The van der Waals surface area contributed by atoms with Gasteiger partial charge in [0, 0.05) is 5.69 Å². The highest BCUT2D eigenvalue weighted by Crippen LogP contribution is 2.22. The first-order valence-corrected chi connectivity index (χ1v) is 9.27. The van der Waals surface area contributed by atoms with Gasteiger partial charge in [-0.3, -0.25) is 4.79 Å². The smallest absolute Gasteiger partial charge is 0.339 e. The number of carboxylic acid groups (broad SMARTS) is 1. The lowest BCUT2D eigenvalue weighted by atomic mass is 10.1. The van der Waals surface area contributed by atoms with Crippen molar-refractivity contribution in [2.75, 3.05) is 5.32 Å². The van der Waals surface area contributed by atoms with Crippen LogP contribution >= 0.6 is 0 Å². The van der Waals surface area contributed by atoms with Crippen LogP contribution < -0.4 is 10.0 Å². The van der Waals surface area contributed by atoms with Crippen LogP contribution in [0.15, 0.2) is 47.4 Å². The molecule has 4 N–H and O–H groups in total. The Morgan fingerprint density at radius 1 is 1.15 bits per heavy atom. The zero-order valence-electron chi connectivity index (χ0n) is 14.1. The second kappa shape index (κ2) is 8.14. The summed E-state index contributed by atoms with van der Waals surface area (Å²) in [4.78, 5) is 23.2. The molecular weight excluding hydrogens is 379 g/mol. The summed E-state index contributed by atoms with van der Waals surface area (Å²) in [6.45, 7) is 1.58. The van der Waals surface area contributed by atoms with Crippen molar-refractivity contribution in [2.45, 2.75) is 24.3 Å². The van der Waals surface area contributed by atoms with Gasteiger partial charge in [0.05, 0.1) is 4.90 Å². The lowest BCUT2D eigenvalue weighted by Crippen LogP contribution is -2.43. The maximum atomic E-state index is 13.0. The average molecular weight is 396 g/mol. The molecule has 1 unspecified atom stereocenters. The highest BCUT2D eigenvalue weighted by Gasteiger charge is 2.25. The van der Waals surface area contributed by atoms with Crippen LogP contribution in [0.5, 0.6) is 5.75 Å². The zero-order valence-corrected chi connectivity index (χ0v) is 15.0. The molecule has 0 saturated heterocycles.